The number of halogens is 3. The number of anilines is 2. The van der Waals surface area contributed by atoms with Crippen molar-refractivity contribution >= 4 is 28.9 Å². The molecule has 0 aliphatic heterocycles. The van der Waals surface area contributed by atoms with Crippen molar-refractivity contribution in [3.63, 3.8) is 0 Å². The number of furan rings is 1. The van der Waals surface area contributed by atoms with Crippen molar-refractivity contribution < 1.29 is 22.7 Å². The number of nitrogens with two attached hydrogens (primary N) is 1. The molecule has 0 unspecified atom stereocenters. The summed E-state index contributed by atoms with van der Waals surface area (Å²) >= 11 is 5.92. The second kappa shape index (κ2) is 9.75. The number of hydrogen-bond donors (Lipinski definition) is 2. The van der Waals surface area contributed by atoms with E-state index in [1.807, 2.05) is 12.1 Å². The normalized spacial score (nSPS) is 10.8. The molecule has 3 aromatic carbocycles. The highest BCUT2D eigenvalue weighted by molar-refractivity contribution is 6.30. The van der Waals surface area contributed by atoms with E-state index in [2.05, 4.69) is 5.32 Å². The number of hydrogen-bond acceptors (Lipinski definition) is 4. The zero-order valence-electron chi connectivity index (χ0n) is 17.3. The third-order valence-corrected chi connectivity index (χ3v) is 5.10. The number of rotatable bonds is 7. The molecule has 0 aliphatic carbocycles. The van der Waals surface area contributed by atoms with Gasteiger partial charge in [-0.1, -0.05) is 29.8 Å². The Morgan fingerprint density at radius 1 is 1.00 bits per heavy atom. The Morgan fingerprint density at radius 2 is 1.73 bits per heavy atom. The Balaban J connectivity index is 1.47. The van der Waals surface area contributed by atoms with Gasteiger partial charge in [0.1, 0.15) is 35.4 Å². The van der Waals surface area contributed by atoms with Crippen LogP contribution in [-0.2, 0) is 13.0 Å². The van der Waals surface area contributed by atoms with Gasteiger partial charge in [0.15, 0.2) is 5.76 Å². The summed E-state index contributed by atoms with van der Waals surface area (Å²) in [6, 6.07) is 18.9. The summed E-state index contributed by atoms with van der Waals surface area (Å²) < 4.78 is 39.1. The molecular weight excluding hydrogens is 450 g/mol. The maximum Gasteiger partial charge on any atom is 0.291 e. The minimum atomic E-state index is -0.877. The summed E-state index contributed by atoms with van der Waals surface area (Å²) in [6.07, 6.45) is 0.294. The highest BCUT2D eigenvalue weighted by Crippen LogP contribution is 2.27. The summed E-state index contributed by atoms with van der Waals surface area (Å²) in [5, 5.41) is 2.84. The van der Waals surface area contributed by atoms with E-state index in [1.54, 1.807) is 36.4 Å². The highest BCUT2D eigenvalue weighted by Gasteiger charge is 2.17. The van der Waals surface area contributed by atoms with Crippen molar-refractivity contribution in [1.82, 2.24) is 0 Å². The molecule has 168 valence electrons. The summed E-state index contributed by atoms with van der Waals surface area (Å²) in [4.78, 5) is 12.4. The standard InChI is InChI=1S/C25H19ClF2N2O3/c26-17-6-4-15(5-7-17)14-32-22-10-8-18(29)12-16(22)13-19-9-11-23(33-19)25(31)30-24-20(27)2-1-3-21(24)28/h1-12H,13-14,29H2,(H,30,31). The molecule has 0 spiro atoms. The fourth-order valence-corrected chi connectivity index (χ4v) is 3.32. The third-order valence-electron chi connectivity index (χ3n) is 4.84. The largest absolute Gasteiger partial charge is 0.489 e. The Kier molecular flexibility index (Phi) is 6.60. The zero-order chi connectivity index (χ0) is 23.4. The van der Waals surface area contributed by atoms with E-state index >= 15 is 0 Å². The quantitative estimate of drug-likeness (QED) is 0.316. The van der Waals surface area contributed by atoms with Gasteiger partial charge in [0.2, 0.25) is 0 Å². The topological polar surface area (TPSA) is 77.5 Å². The van der Waals surface area contributed by atoms with Crippen LogP contribution in [0, 0.1) is 11.6 Å². The SMILES string of the molecule is Nc1ccc(OCc2ccc(Cl)cc2)c(Cc2ccc(C(=O)Nc3c(F)cccc3F)o2)c1. The van der Waals surface area contributed by atoms with Crippen LogP contribution in [0.3, 0.4) is 0 Å². The minimum absolute atomic E-state index is 0.0832. The van der Waals surface area contributed by atoms with Crippen molar-refractivity contribution in [2.75, 3.05) is 11.1 Å². The molecule has 1 amide bonds. The molecule has 0 radical (unpaired) electrons. The Bertz CT molecular complexity index is 1270. The molecule has 0 saturated heterocycles. The number of ether oxygens (including phenoxy) is 1. The molecule has 1 aromatic heterocycles. The first kappa shape index (κ1) is 22.4. The van der Waals surface area contributed by atoms with Gasteiger partial charge >= 0.3 is 0 Å². The molecule has 3 N–H and O–H groups in total. The lowest BCUT2D eigenvalue weighted by atomic mass is 10.1. The van der Waals surface area contributed by atoms with E-state index in [-0.39, 0.29) is 5.76 Å². The Labute approximate surface area is 193 Å². The third kappa shape index (κ3) is 5.51. The van der Waals surface area contributed by atoms with Crippen molar-refractivity contribution in [3.05, 3.63) is 112 Å². The van der Waals surface area contributed by atoms with Gasteiger partial charge in [-0.15, -0.1) is 0 Å². The maximum absolute atomic E-state index is 13.8. The molecule has 4 aromatic rings. The lowest BCUT2D eigenvalue weighted by Crippen LogP contribution is -2.13. The molecule has 0 bridgehead atoms. The average molecular weight is 469 g/mol. The fourth-order valence-electron chi connectivity index (χ4n) is 3.20. The average Bonchev–Trinajstić information content (AvgIpc) is 3.25. The van der Waals surface area contributed by atoms with E-state index in [0.29, 0.717) is 35.2 Å². The molecule has 1 heterocycles. The number of para-hydroxylation sites is 1. The first-order valence-corrected chi connectivity index (χ1v) is 10.4. The van der Waals surface area contributed by atoms with E-state index in [9.17, 15) is 13.6 Å². The van der Waals surface area contributed by atoms with Crippen LogP contribution in [0.2, 0.25) is 5.02 Å². The van der Waals surface area contributed by atoms with Gasteiger partial charge in [-0.25, -0.2) is 8.78 Å². The van der Waals surface area contributed by atoms with Gasteiger partial charge in [-0.05, 0) is 60.2 Å². The monoisotopic (exact) mass is 468 g/mol. The van der Waals surface area contributed by atoms with Crippen LogP contribution in [0.5, 0.6) is 5.75 Å². The second-order valence-electron chi connectivity index (χ2n) is 7.28. The number of carbonyl (C=O) groups excluding carboxylic acids is 1. The summed E-state index contributed by atoms with van der Waals surface area (Å²) in [7, 11) is 0. The number of benzene rings is 3. The summed E-state index contributed by atoms with van der Waals surface area (Å²) in [5.41, 5.74) is 7.65. The molecular formula is C25H19ClF2N2O3. The summed E-state index contributed by atoms with van der Waals surface area (Å²) in [5.74, 6) is -1.54. The summed E-state index contributed by atoms with van der Waals surface area (Å²) in [6.45, 7) is 0.327. The van der Waals surface area contributed by atoms with Gasteiger partial charge in [-0.3, -0.25) is 4.79 Å². The number of nitrogen functional groups attached to an aromatic ring is 1. The van der Waals surface area contributed by atoms with Crippen molar-refractivity contribution in [1.29, 1.82) is 0 Å². The lowest BCUT2D eigenvalue weighted by Gasteiger charge is -2.12. The lowest BCUT2D eigenvalue weighted by molar-refractivity contribution is 0.0994. The number of amides is 1. The predicted molar refractivity (Wildman–Crippen MR) is 122 cm³/mol. The maximum atomic E-state index is 13.8. The van der Waals surface area contributed by atoms with Gasteiger partial charge in [0.25, 0.3) is 5.91 Å². The van der Waals surface area contributed by atoms with Crippen LogP contribution in [0.1, 0.15) is 27.4 Å². The Morgan fingerprint density at radius 3 is 2.45 bits per heavy atom. The molecule has 4 rings (SSSR count). The van der Waals surface area contributed by atoms with Gasteiger partial charge < -0.3 is 20.2 Å². The van der Waals surface area contributed by atoms with Gasteiger partial charge in [-0.2, -0.15) is 0 Å². The molecule has 5 nitrogen and oxygen atoms in total. The van der Waals surface area contributed by atoms with Crippen LogP contribution in [-0.4, -0.2) is 5.91 Å². The van der Waals surface area contributed by atoms with Gasteiger partial charge in [0.05, 0.1) is 0 Å². The first-order valence-electron chi connectivity index (χ1n) is 9.99. The van der Waals surface area contributed by atoms with Crippen LogP contribution < -0.4 is 15.8 Å². The van der Waals surface area contributed by atoms with Crippen LogP contribution in [0.25, 0.3) is 0 Å². The first-order chi connectivity index (χ1) is 15.9. The molecule has 0 atom stereocenters. The number of carbonyl (C=O) groups is 1. The van der Waals surface area contributed by atoms with Crippen LogP contribution in [0.4, 0.5) is 20.2 Å². The highest BCUT2D eigenvalue weighted by atomic mass is 35.5. The molecule has 0 saturated carbocycles. The van der Waals surface area contributed by atoms with Gasteiger partial charge in [0, 0.05) is 22.7 Å². The predicted octanol–water partition coefficient (Wildman–Crippen LogP) is 6.22. The molecule has 8 heteroatoms. The molecule has 0 fully saturated rings. The van der Waals surface area contributed by atoms with E-state index < -0.39 is 23.2 Å². The number of nitrogens with one attached hydrogen (secondary N) is 1. The van der Waals surface area contributed by atoms with E-state index in [1.165, 1.54) is 12.1 Å². The minimum Gasteiger partial charge on any atom is -0.489 e. The zero-order valence-corrected chi connectivity index (χ0v) is 18.0. The molecule has 0 aliphatic rings. The van der Waals surface area contributed by atoms with Crippen molar-refractivity contribution in [2.24, 2.45) is 0 Å². The van der Waals surface area contributed by atoms with E-state index in [0.717, 1.165) is 23.3 Å². The Hall–Kier alpha value is -3.84. The van der Waals surface area contributed by atoms with Crippen LogP contribution in [0.15, 0.2) is 77.2 Å². The second-order valence-corrected chi connectivity index (χ2v) is 7.71. The van der Waals surface area contributed by atoms with Crippen molar-refractivity contribution in [2.45, 2.75) is 13.0 Å². The van der Waals surface area contributed by atoms with Crippen LogP contribution >= 0.6 is 11.6 Å². The van der Waals surface area contributed by atoms with Crippen molar-refractivity contribution in [3.8, 4) is 5.75 Å². The smallest absolute Gasteiger partial charge is 0.291 e. The van der Waals surface area contributed by atoms with E-state index in [4.69, 9.17) is 26.5 Å². The fraction of sp³-hybridized carbons (Fsp3) is 0.0800. The molecule has 33 heavy (non-hydrogen) atoms.